The van der Waals surface area contributed by atoms with Crippen LogP contribution in [0, 0.1) is 10.1 Å². The van der Waals surface area contributed by atoms with Crippen molar-refractivity contribution in [2.75, 3.05) is 11.1 Å². The molecule has 0 fully saturated rings. The molecule has 5 rings (SSSR count). The number of amides is 1. The topological polar surface area (TPSA) is 103 Å². The maximum absolute atomic E-state index is 12.8. The molecule has 0 unspecified atom stereocenters. The van der Waals surface area contributed by atoms with Crippen molar-refractivity contribution in [3.63, 3.8) is 0 Å². The molecule has 0 saturated carbocycles. The lowest BCUT2D eigenvalue weighted by Crippen LogP contribution is -2.14. The number of nitrogens with one attached hydrogen (secondary N) is 1. The molecule has 1 amide bonds. The first-order valence-electron chi connectivity index (χ1n) is 10.8. The second kappa shape index (κ2) is 9.78. The van der Waals surface area contributed by atoms with Gasteiger partial charge in [-0.05, 0) is 23.6 Å². The Morgan fingerprint density at radius 3 is 2.49 bits per heavy atom. The first-order chi connectivity index (χ1) is 17.1. The van der Waals surface area contributed by atoms with Crippen LogP contribution >= 0.6 is 11.8 Å². The Labute approximate surface area is 204 Å². The van der Waals surface area contributed by atoms with Gasteiger partial charge in [-0.25, -0.2) is 0 Å². The number of para-hydroxylation sites is 1. The van der Waals surface area contributed by atoms with Gasteiger partial charge in [0.25, 0.3) is 5.69 Å². The number of thioether (sulfide) groups is 1. The van der Waals surface area contributed by atoms with Crippen LogP contribution < -0.4 is 5.32 Å². The largest absolute Gasteiger partial charge is 0.325 e. The molecule has 1 aromatic heterocycles. The minimum absolute atomic E-state index is 0.0335. The van der Waals surface area contributed by atoms with Crippen molar-refractivity contribution in [1.82, 2.24) is 14.8 Å². The summed E-state index contributed by atoms with van der Waals surface area (Å²) in [5, 5.41) is 25.4. The van der Waals surface area contributed by atoms with E-state index in [9.17, 15) is 14.9 Å². The Balaban J connectivity index is 1.42. The van der Waals surface area contributed by atoms with Crippen molar-refractivity contribution in [3.8, 4) is 17.1 Å². The molecule has 4 aromatic carbocycles. The average Bonchev–Trinajstić information content (AvgIpc) is 3.32. The Morgan fingerprint density at radius 2 is 1.66 bits per heavy atom. The van der Waals surface area contributed by atoms with Gasteiger partial charge in [0.05, 0.1) is 10.7 Å². The molecule has 0 spiro atoms. The molecule has 0 aliphatic rings. The monoisotopic (exact) mass is 481 g/mol. The van der Waals surface area contributed by atoms with E-state index < -0.39 is 4.92 Å². The van der Waals surface area contributed by atoms with E-state index in [1.807, 2.05) is 72.8 Å². The van der Waals surface area contributed by atoms with Gasteiger partial charge in [0.15, 0.2) is 11.0 Å². The van der Waals surface area contributed by atoms with Crippen LogP contribution in [0.25, 0.3) is 27.8 Å². The van der Waals surface area contributed by atoms with E-state index in [0.29, 0.717) is 16.5 Å². The third-order valence-electron chi connectivity index (χ3n) is 5.36. The summed E-state index contributed by atoms with van der Waals surface area (Å²) in [6.45, 7) is 0. The fourth-order valence-corrected chi connectivity index (χ4v) is 4.52. The Morgan fingerprint density at radius 1 is 0.914 bits per heavy atom. The SMILES string of the molecule is O=C(CSc1nnc(-c2cccc([N+](=O)[O-])c2)n1-c1ccccc1)Nc1cccc2ccccc12. The van der Waals surface area contributed by atoms with Gasteiger partial charge in [-0.2, -0.15) is 0 Å². The van der Waals surface area contributed by atoms with Crippen LogP contribution in [-0.2, 0) is 4.79 Å². The average molecular weight is 482 g/mol. The normalized spacial score (nSPS) is 10.9. The smallest absolute Gasteiger partial charge is 0.270 e. The van der Waals surface area contributed by atoms with E-state index in [-0.39, 0.29) is 17.3 Å². The maximum atomic E-state index is 12.8. The molecule has 5 aromatic rings. The maximum Gasteiger partial charge on any atom is 0.270 e. The molecule has 1 heterocycles. The number of non-ortho nitro benzene ring substituents is 1. The number of hydrogen-bond acceptors (Lipinski definition) is 6. The molecule has 0 aliphatic carbocycles. The van der Waals surface area contributed by atoms with Crippen molar-refractivity contribution in [3.05, 3.63) is 107 Å². The first-order valence-corrected chi connectivity index (χ1v) is 11.7. The zero-order valence-electron chi connectivity index (χ0n) is 18.4. The van der Waals surface area contributed by atoms with Gasteiger partial charge in [0.1, 0.15) is 0 Å². The van der Waals surface area contributed by atoms with Crippen LogP contribution in [0.1, 0.15) is 0 Å². The summed E-state index contributed by atoms with van der Waals surface area (Å²) in [5.41, 5.74) is 2.06. The molecular weight excluding hydrogens is 462 g/mol. The number of benzene rings is 4. The molecule has 35 heavy (non-hydrogen) atoms. The summed E-state index contributed by atoms with van der Waals surface area (Å²) in [6.07, 6.45) is 0. The van der Waals surface area contributed by atoms with Gasteiger partial charge in [0.2, 0.25) is 5.91 Å². The van der Waals surface area contributed by atoms with Gasteiger partial charge in [0, 0.05) is 34.5 Å². The van der Waals surface area contributed by atoms with E-state index in [0.717, 1.165) is 22.1 Å². The molecule has 0 saturated heterocycles. The minimum atomic E-state index is -0.444. The zero-order valence-corrected chi connectivity index (χ0v) is 19.2. The van der Waals surface area contributed by atoms with Crippen molar-refractivity contribution in [2.24, 2.45) is 0 Å². The number of fused-ring (bicyclic) bond motifs is 1. The van der Waals surface area contributed by atoms with Crippen LogP contribution in [0.15, 0.2) is 102 Å². The van der Waals surface area contributed by atoms with Gasteiger partial charge in [-0.15, -0.1) is 10.2 Å². The van der Waals surface area contributed by atoms with Gasteiger partial charge < -0.3 is 5.32 Å². The number of anilines is 1. The van der Waals surface area contributed by atoms with Crippen LogP contribution in [0.5, 0.6) is 0 Å². The number of hydrogen-bond donors (Lipinski definition) is 1. The fraction of sp³-hybridized carbons (Fsp3) is 0.0385. The quantitative estimate of drug-likeness (QED) is 0.181. The van der Waals surface area contributed by atoms with Crippen LogP contribution in [0.2, 0.25) is 0 Å². The summed E-state index contributed by atoms with van der Waals surface area (Å²) < 4.78 is 1.80. The fourth-order valence-electron chi connectivity index (χ4n) is 3.77. The highest BCUT2D eigenvalue weighted by Gasteiger charge is 2.19. The predicted molar refractivity (Wildman–Crippen MR) is 137 cm³/mol. The van der Waals surface area contributed by atoms with Crippen molar-refractivity contribution in [2.45, 2.75) is 5.16 Å². The number of aromatic nitrogens is 3. The minimum Gasteiger partial charge on any atom is -0.325 e. The third-order valence-corrected chi connectivity index (χ3v) is 6.29. The molecule has 1 N–H and O–H groups in total. The van der Waals surface area contributed by atoms with Gasteiger partial charge in [-0.1, -0.05) is 78.5 Å². The standard InChI is InChI=1S/C26H19N5O3S/c32-24(27-23-15-7-9-18-8-4-5-14-22(18)23)17-35-26-29-28-25(30(26)20-11-2-1-3-12-20)19-10-6-13-21(16-19)31(33)34/h1-16H,17H2,(H,27,32). The molecule has 172 valence electrons. The summed E-state index contributed by atoms with van der Waals surface area (Å²) >= 11 is 1.24. The number of nitrogens with zero attached hydrogens (tertiary/aromatic N) is 4. The summed E-state index contributed by atoms with van der Waals surface area (Å²) in [4.78, 5) is 23.6. The van der Waals surface area contributed by atoms with Crippen LogP contribution in [-0.4, -0.2) is 31.3 Å². The number of rotatable bonds is 7. The highest BCUT2D eigenvalue weighted by atomic mass is 32.2. The number of carbonyl (C=O) groups excluding carboxylic acids is 1. The number of nitro groups is 1. The van der Waals surface area contributed by atoms with E-state index in [1.54, 1.807) is 16.7 Å². The third kappa shape index (κ3) is 4.75. The molecule has 0 radical (unpaired) electrons. The lowest BCUT2D eigenvalue weighted by molar-refractivity contribution is -0.384. The summed E-state index contributed by atoms with van der Waals surface area (Å²) in [6, 6.07) is 29.3. The summed E-state index contributed by atoms with van der Waals surface area (Å²) in [5.74, 6) is 0.395. The molecule has 0 bridgehead atoms. The lowest BCUT2D eigenvalue weighted by Gasteiger charge is -2.11. The second-order valence-corrected chi connectivity index (χ2v) is 8.59. The van der Waals surface area contributed by atoms with E-state index in [2.05, 4.69) is 15.5 Å². The molecule has 9 heteroatoms. The zero-order chi connectivity index (χ0) is 24.2. The van der Waals surface area contributed by atoms with E-state index in [1.165, 1.54) is 23.9 Å². The lowest BCUT2D eigenvalue weighted by atomic mass is 10.1. The summed E-state index contributed by atoms with van der Waals surface area (Å²) in [7, 11) is 0. The van der Waals surface area contributed by atoms with Crippen molar-refractivity contribution < 1.29 is 9.72 Å². The number of carbonyl (C=O) groups is 1. The molecule has 0 atom stereocenters. The Hall–Kier alpha value is -4.50. The predicted octanol–water partition coefficient (Wildman–Crippen LogP) is 5.73. The Kier molecular flexibility index (Phi) is 6.23. The first kappa shape index (κ1) is 22.3. The van der Waals surface area contributed by atoms with Gasteiger partial charge in [-0.3, -0.25) is 19.5 Å². The second-order valence-electron chi connectivity index (χ2n) is 7.65. The number of nitro benzene ring substituents is 1. The molecule has 8 nitrogen and oxygen atoms in total. The molecule has 0 aliphatic heterocycles. The van der Waals surface area contributed by atoms with E-state index >= 15 is 0 Å². The van der Waals surface area contributed by atoms with Crippen molar-refractivity contribution in [1.29, 1.82) is 0 Å². The highest BCUT2D eigenvalue weighted by Crippen LogP contribution is 2.30. The highest BCUT2D eigenvalue weighted by molar-refractivity contribution is 7.99. The Bertz CT molecular complexity index is 1530. The van der Waals surface area contributed by atoms with Crippen LogP contribution in [0.3, 0.4) is 0 Å². The van der Waals surface area contributed by atoms with E-state index in [4.69, 9.17) is 0 Å². The van der Waals surface area contributed by atoms with Gasteiger partial charge >= 0.3 is 0 Å². The van der Waals surface area contributed by atoms with Crippen LogP contribution in [0.4, 0.5) is 11.4 Å². The molecular formula is C26H19N5O3S. The van der Waals surface area contributed by atoms with Crippen molar-refractivity contribution >= 4 is 39.8 Å².